The van der Waals surface area contributed by atoms with Crippen molar-refractivity contribution in [2.75, 3.05) is 19.6 Å². The highest BCUT2D eigenvalue weighted by Gasteiger charge is 2.37. The minimum absolute atomic E-state index is 0.0342. The Hall–Kier alpha value is -2.70. The number of carbonyl (C=O) groups excluding carboxylic acids is 4. The van der Waals surface area contributed by atoms with Gasteiger partial charge >= 0.3 is 0 Å². The zero-order chi connectivity index (χ0) is 20.4. The lowest BCUT2D eigenvalue weighted by molar-refractivity contribution is -0.137. The lowest BCUT2D eigenvalue weighted by atomic mass is 9.87. The molecule has 2 aliphatic heterocycles. The average molecular weight is 397 g/mol. The summed E-state index contributed by atoms with van der Waals surface area (Å²) in [6, 6.07) is 6.58. The summed E-state index contributed by atoms with van der Waals surface area (Å²) in [6.07, 6.45) is 6.90. The highest BCUT2D eigenvalue weighted by molar-refractivity contribution is 6.22. The van der Waals surface area contributed by atoms with Crippen LogP contribution < -0.4 is 5.32 Å². The van der Waals surface area contributed by atoms with Crippen LogP contribution in [0.5, 0.6) is 0 Å². The average Bonchev–Trinajstić information content (AvgIpc) is 2.99. The molecule has 1 N–H and O–H groups in total. The second kappa shape index (κ2) is 8.35. The minimum atomic E-state index is -0.423. The van der Waals surface area contributed by atoms with Crippen molar-refractivity contribution in [1.82, 2.24) is 15.1 Å². The number of nitrogens with zero attached hydrogens (tertiary/aromatic N) is 2. The Balaban J connectivity index is 1.26. The Morgan fingerprint density at radius 1 is 0.897 bits per heavy atom. The van der Waals surface area contributed by atoms with Crippen molar-refractivity contribution < 1.29 is 19.2 Å². The molecular weight excluding hydrogens is 370 g/mol. The maximum absolute atomic E-state index is 12.6. The maximum atomic E-state index is 12.6. The number of fused-ring (bicyclic) bond motifs is 1. The summed E-state index contributed by atoms with van der Waals surface area (Å²) in [7, 11) is 0. The van der Waals surface area contributed by atoms with E-state index in [0.717, 1.165) is 30.6 Å². The number of piperidine rings is 1. The topological polar surface area (TPSA) is 86.8 Å². The van der Waals surface area contributed by atoms with Gasteiger partial charge in [-0.05, 0) is 37.8 Å². The van der Waals surface area contributed by atoms with Gasteiger partial charge in [0, 0.05) is 25.0 Å². The van der Waals surface area contributed by atoms with E-state index in [0.29, 0.717) is 37.1 Å². The monoisotopic (exact) mass is 397 g/mol. The molecule has 2 heterocycles. The quantitative estimate of drug-likeness (QED) is 0.787. The predicted octanol–water partition coefficient (Wildman–Crippen LogP) is 1.97. The molecule has 2 fully saturated rings. The Morgan fingerprint density at radius 3 is 2.07 bits per heavy atom. The van der Waals surface area contributed by atoms with Crippen molar-refractivity contribution in [2.45, 2.75) is 51.0 Å². The van der Waals surface area contributed by atoms with E-state index in [1.807, 2.05) is 4.90 Å². The molecule has 4 amide bonds. The van der Waals surface area contributed by atoms with Crippen molar-refractivity contribution in [3.8, 4) is 0 Å². The molecule has 0 aromatic heterocycles. The largest absolute Gasteiger partial charge is 0.352 e. The van der Waals surface area contributed by atoms with Crippen molar-refractivity contribution in [3.63, 3.8) is 0 Å². The van der Waals surface area contributed by atoms with Crippen LogP contribution in [-0.2, 0) is 9.59 Å². The minimum Gasteiger partial charge on any atom is -0.352 e. The van der Waals surface area contributed by atoms with E-state index in [1.165, 1.54) is 6.42 Å². The van der Waals surface area contributed by atoms with E-state index in [1.54, 1.807) is 24.3 Å². The third-order valence-corrected chi connectivity index (χ3v) is 6.31. The van der Waals surface area contributed by atoms with Crippen LogP contribution in [0.25, 0.3) is 0 Å². The van der Waals surface area contributed by atoms with Crippen LogP contribution in [0.1, 0.15) is 65.7 Å². The zero-order valence-corrected chi connectivity index (χ0v) is 16.6. The highest BCUT2D eigenvalue weighted by atomic mass is 16.2. The molecule has 0 radical (unpaired) electrons. The summed E-state index contributed by atoms with van der Waals surface area (Å²) in [4.78, 5) is 52.8. The van der Waals surface area contributed by atoms with Gasteiger partial charge in [-0.1, -0.05) is 31.4 Å². The van der Waals surface area contributed by atoms with Crippen LogP contribution in [0, 0.1) is 5.92 Å². The van der Waals surface area contributed by atoms with Crippen LogP contribution in [0.15, 0.2) is 24.3 Å². The van der Waals surface area contributed by atoms with Crippen LogP contribution in [0.3, 0.4) is 0 Å². The van der Waals surface area contributed by atoms with E-state index in [4.69, 9.17) is 0 Å². The number of imide groups is 1. The van der Waals surface area contributed by atoms with Crippen molar-refractivity contribution >= 4 is 23.6 Å². The molecule has 0 unspecified atom stereocenters. The number of rotatable bonds is 4. The Bertz CT molecular complexity index is 788. The number of carbonyl (C=O) groups is 4. The zero-order valence-electron chi connectivity index (χ0n) is 16.6. The van der Waals surface area contributed by atoms with Gasteiger partial charge in [0.25, 0.3) is 11.8 Å². The van der Waals surface area contributed by atoms with Crippen LogP contribution in [0.2, 0.25) is 0 Å². The standard InChI is InChI=1S/C22H27N3O4/c26-19(14-25-21(28)17-8-4-5-9-18(17)22(25)29)23-16-10-12-24(13-11-16)20(27)15-6-2-1-3-7-15/h4-5,8-9,15-16H,1-3,6-7,10-14H2,(H,23,26). The Morgan fingerprint density at radius 2 is 1.48 bits per heavy atom. The molecule has 29 heavy (non-hydrogen) atoms. The number of likely N-dealkylation sites (tertiary alicyclic amines) is 1. The predicted molar refractivity (Wildman–Crippen MR) is 106 cm³/mol. The molecule has 1 saturated heterocycles. The fourth-order valence-electron chi connectivity index (χ4n) is 4.65. The van der Waals surface area contributed by atoms with Crippen molar-refractivity contribution in [3.05, 3.63) is 35.4 Å². The molecule has 0 spiro atoms. The Labute approximate surface area is 170 Å². The normalized spacial score (nSPS) is 20.7. The first-order chi connectivity index (χ1) is 14.0. The molecule has 1 aliphatic carbocycles. The third-order valence-electron chi connectivity index (χ3n) is 6.31. The summed E-state index contributed by atoms with van der Waals surface area (Å²) >= 11 is 0. The van der Waals surface area contributed by atoms with Gasteiger partial charge in [-0.25, -0.2) is 0 Å². The number of hydrogen-bond donors (Lipinski definition) is 1. The highest BCUT2D eigenvalue weighted by Crippen LogP contribution is 2.27. The van der Waals surface area contributed by atoms with Gasteiger partial charge in [-0.15, -0.1) is 0 Å². The molecule has 4 rings (SSSR count). The van der Waals surface area contributed by atoms with Gasteiger partial charge in [0.2, 0.25) is 11.8 Å². The molecule has 0 atom stereocenters. The maximum Gasteiger partial charge on any atom is 0.262 e. The second-order valence-corrected chi connectivity index (χ2v) is 8.24. The van der Waals surface area contributed by atoms with Crippen molar-refractivity contribution in [1.29, 1.82) is 0 Å². The molecule has 3 aliphatic rings. The molecule has 7 nitrogen and oxygen atoms in total. The third kappa shape index (κ3) is 4.04. The summed E-state index contributed by atoms with van der Waals surface area (Å²) < 4.78 is 0. The molecule has 1 aromatic carbocycles. The van der Waals surface area contributed by atoms with Gasteiger partial charge in [-0.2, -0.15) is 0 Å². The van der Waals surface area contributed by atoms with E-state index in [2.05, 4.69) is 5.32 Å². The van der Waals surface area contributed by atoms with E-state index < -0.39 is 11.8 Å². The molecule has 1 saturated carbocycles. The molecule has 7 heteroatoms. The molecule has 1 aromatic rings. The molecular formula is C22H27N3O4. The fraction of sp³-hybridized carbons (Fsp3) is 0.545. The smallest absolute Gasteiger partial charge is 0.262 e. The summed E-state index contributed by atoms with van der Waals surface area (Å²) in [5.41, 5.74) is 0.694. The second-order valence-electron chi connectivity index (χ2n) is 8.24. The summed E-state index contributed by atoms with van der Waals surface area (Å²) in [6.45, 7) is 1.02. The number of nitrogens with one attached hydrogen (secondary N) is 1. The lowest BCUT2D eigenvalue weighted by Crippen LogP contribution is -2.50. The first-order valence-corrected chi connectivity index (χ1v) is 10.6. The first kappa shape index (κ1) is 19.6. The number of benzene rings is 1. The van der Waals surface area contributed by atoms with E-state index in [-0.39, 0.29) is 30.3 Å². The fourth-order valence-corrected chi connectivity index (χ4v) is 4.65. The van der Waals surface area contributed by atoms with Crippen LogP contribution >= 0.6 is 0 Å². The van der Waals surface area contributed by atoms with E-state index >= 15 is 0 Å². The summed E-state index contributed by atoms with van der Waals surface area (Å²) in [5.74, 6) is -0.747. The summed E-state index contributed by atoms with van der Waals surface area (Å²) in [5, 5.41) is 2.93. The van der Waals surface area contributed by atoms with Crippen LogP contribution in [-0.4, -0.2) is 59.1 Å². The van der Waals surface area contributed by atoms with Gasteiger partial charge in [-0.3, -0.25) is 24.1 Å². The first-order valence-electron chi connectivity index (χ1n) is 10.6. The van der Waals surface area contributed by atoms with Gasteiger partial charge in [0.05, 0.1) is 11.1 Å². The Kier molecular flexibility index (Phi) is 5.65. The van der Waals surface area contributed by atoms with Crippen LogP contribution in [0.4, 0.5) is 0 Å². The number of amides is 4. The number of hydrogen-bond acceptors (Lipinski definition) is 4. The lowest BCUT2D eigenvalue weighted by Gasteiger charge is -2.35. The van der Waals surface area contributed by atoms with Gasteiger partial charge in [0.15, 0.2) is 0 Å². The van der Waals surface area contributed by atoms with Gasteiger partial charge < -0.3 is 10.2 Å². The van der Waals surface area contributed by atoms with E-state index in [9.17, 15) is 19.2 Å². The SMILES string of the molecule is O=C(CN1C(=O)c2ccccc2C1=O)NC1CCN(C(=O)C2CCCCC2)CC1. The molecule has 154 valence electrons. The molecule has 0 bridgehead atoms. The van der Waals surface area contributed by atoms with Gasteiger partial charge in [0.1, 0.15) is 6.54 Å². The van der Waals surface area contributed by atoms with Crippen molar-refractivity contribution in [2.24, 2.45) is 5.92 Å².